The van der Waals surface area contributed by atoms with Crippen molar-refractivity contribution in [2.24, 2.45) is 0 Å². The molecular formula is C59H104O6. The van der Waals surface area contributed by atoms with E-state index >= 15 is 0 Å². The van der Waals surface area contributed by atoms with Crippen LogP contribution in [0.4, 0.5) is 0 Å². The van der Waals surface area contributed by atoms with Gasteiger partial charge in [-0.1, -0.05) is 223 Å². The van der Waals surface area contributed by atoms with Gasteiger partial charge in [0.15, 0.2) is 6.10 Å². The molecule has 0 aliphatic carbocycles. The quantitative estimate of drug-likeness (QED) is 0.0262. The van der Waals surface area contributed by atoms with Gasteiger partial charge >= 0.3 is 17.9 Å². The number of unbranched alkanes of at least 4 members (excludes halogenated alkanes) is 29. The molecule has 0 radical (unpaired) electrons. The van der Waals surface area contributed by atoms with E-state index in [0.29, 0.717) is 19.3 Å². The standard InChI is InChI=1S/C59H104O6/c1-4-7-10-13-16-19-22-24-26-27-28-29-30-31-32-33-34-36-37-40-43-46-49-52-58(61)64-55-56(54-63-57(60)51-48-45-42-39-21-18-15-12-9-6-3)65-59(62)53-50-47-44-41-38-35-25-23-20-17-14-11-8-5-2/h12,14-15,17,22-25,27-28,56H,4-11,13,16,18-21,26,29-55H2,1-3H3/b15-12-,17-14-,24-22-,25-23-,28-27-. The van der Waals surface area contributed by atoms with E-state index in [2.05, 4.69) is 81.5 Å². The third-order valence-corrected chi connectivity index (χ3v) is 11.9. The Kier molecular flexibility index (Phi) is 51.3. The van der Waals surface area contributed by atoms with Crippen molar-refractivity contribution in [1.29, 1.82) is 0 Å². The fraction of sp³-hybridized carbons (Fsp3) is 0.780. The van der Waals surface area contributed by atoms with Gasteiger partial charge in [-0.25, -0.2) is 0 Å². The number of carbonyl (C=O) groups is 3. The number of carbonyl (C=O) groups excluding carboxylic acids is 3. The second kappa shape index (κ2) is 53.7. The minimum atomic E-state index is -0.784. The van der Waals surface area contributed by atoms with Crippen LogP contribution in [0, 0.1) is 0 Å². The highest BCUT2D eigenvalue weighted by molar-refractivity contribution is 5.71. The highest BCUT2D eigenvalue weighted by atomic mass is 16.6. The summed E-state index contributed by atoms with van der Waals surface area (Å²) in [6.45, 7) is 6.52. The first kappa shape index (κ1) is 62.1. The van der Waals surface area contributed by atoms with Crippen LogP contribution in [-0.4, -0.2) is 37.2 Å². The van der Waals surface area contributed by atoms with Gasteiger partial charge in [-0.15, -0.1) is 0 Å². The molecule has 0 aromatic rings. The molecule has 0 aliphatic rings. The van der Waals surface area contributed by atoms with Crippen LogP contribution in [0.5, 0.6) is 0 Å². The summed E-state index contributed by atoms with van der Waals surface area (Å²) in [5.41, 5.74) is 0. The van der Waals surface area contributed by atoms with E-state index < -0.39 is 6.10 Å². The van der Waals surface area contributed by atoms with Crippen LogP contribution in [0.15, 0.2) is 60.8 Å². The van der Waals surface area contributed by atoms with E-state index in [1.165, 1.54) is 135 Å². The number of esters is 3. The lowest BCUT2D eigenvalue weighted by Crippen LogP contribution is -2.30. The van der Waals surface area contributed by atoms with Gasteiger partial charge in [0.05, 0.1) is 0 Å². The van der Waals surface area contributed by atoms with E-state index in [0.717, 1.165) is 103 Å². The lowest BCUT2D eigenvalue weighted by Gasteiger charge is -2.18. The number of ether oxygens (including phenoxy) is 3. The van der Waals surface area contributed by atoms with Crippen molar-refractivity contribution in [3.63, 3.8) is 0 Å². The fourth-order valence-corrected chi connectivity index (χ4v) is 7.73. The molecule has 376 valence electrons. The molecule has 0 N–H and O–H groups in total. The van der Waals surface area contributed by atoms with E-state index in [4.69, 9.17) is 14.2 Å². The van der Waals surface area contributed by atoms with Crippen molar-refractivity contribution in [3.8, 4) is 0 Å². The summed E-state index contributed by atoms with van der Waals surface area (Å²) < 4.78 is 16.8. The summed E-state index contributed by atoms with van der Waals surface area (Å²) >= 11 is 0. The Labute approximate surface area is 402 Å². The molecule has 0 fully saturated rings. The summed E-state index contributed by atoms with van der Waals surface area (Å²) in [6, 6.07) is 0. The summed E-state index contributed by atoms with van der Waals surface area (Å²) in [7, 11) is 0. The number of rotatable bonds is 50. The number of hydrogen-bond donors (Lipinski definition) is 0. The smallest absolute Gasteiger partial charge is 0.306 e. The molecule has 0 spiro atoms. The predicted molar refractivity (Wildman–Crippen MR) is 279 cm³/mol. The molecule has 0 aromatic heterocycles. The fourth-order valence-electron chi connectivity index (χ4n) is 7.73. The van der Waals surface area contributed by atoms with Gasteiger partial charge in [0.2, 0.25) is 0 Å². The first-order chi connectivity index (χ1) is 32.0. The normalized spacial score (nSPS) is 12.5. The van der Waals surface area contributed by atoms with Crippen LogP contribution in [0.3, 0.4) is 0 Å². The van der Waals surface area contributed by atoms with Gasteiger partial charge in [0, 0.05) is 19.3 Å². The second-order valence-corrected chi connectivity index (χ2v) is 18.5. The monoisotopic (exact) mass is 909 g/mol. The van der Waals surface area contributed by atoms with E-state index in [1.54, 1.807) is 0 Å². The van der Waals surface area contributed by atoms with E-state index in [9.17, 15) is 14.4 Å². The van der Waals surface area contributed by atoms with Crippen molar-refractivity contribution >= 4 is 17.9 Å². The molecule has 0 saturated carbocycles. The molecule has 65 heavy (non-hydrogen) atoms. The largest absolute Gasteiger partial charge is 0.462 e. The third kappa shape index (κ3) is 51.9. The van der Waals surface area contributed by atoms with Crippen LogP contribution in [0.1, 0.15) is 278 Å². The molecule has 0 amide bonds. The Morgan fingerprint density at radius 2 is 0.600 bits per heavy atom. The lowest BCUT2D eigenvalue weighted by molar-refractivity contribution is -0.167. The topological polar surface area (TPSA) is 78.9 Å². The van der Waals surface area contributed by atoms with E-state index in [1.807, 2.05) is 0 Å². The van der Waals surface area contributed by atoms with Gasteiger partial charge < -0.3 is 14.2 Å². The predicted octanol–water partition coefficient (Wildman–Crippen LogP) is 18.4. The van der Waals surface area contributed by atoms with Crippen LogP contribution >= 0.6 is 0 Å². The van der Waals surface area contributed by atoms with Crippen molar-refractivity contribution in [2.75, 3.05) is 13.2 Å². The maximum atomic E-state index is 12.8. The van der Waals surface area contributed by atoms with Gasteiger partial charge in [-0.3, -0.25) is 14.4 Å². The summed E-state index contributed by atoms with van der Waals surface area (Å²) in [5, 5.41) is 0. The zero-order valence-corrected chi connectivity index (χ0v) is 43.0. The first-order valence-corrected chi connectivity index (χ1v) is 27.8. The molecule has 0 saturated heterocycles. The Hall–Kier alpha value is -2.89. The molecule has 0 bridgehead atoms. The van der Waals surface area contributed by atoms with Crippen molar-refractivity contribution < 1.29 is 28.6 Å². The molecule has 0 rings (SSSR count). The Morgan fingerprint density at radius 3 is 0.969 bits per heavy atom. The van der Waals surface area contributed by atoms with Crippen LogP contribution in [0.2, 0.25) is 0 Å². The number of allylic oxidation sites excluding steroid dienone is 10. The lowest BCUT2D eigenvalue weighted by atomic mass is 10.0. The minimum Gasteiger partial charge on any atom is -0.462 e. The molecular weight excluding hydrogens is 805 g/mol. The maximum Gasteiger partial charge on any atom is 0.306 e. The average molecular weight is 909 g/mol. The van der Waals surface area contributed by atoms with Crippen LogP contribution in [-0.2, 0) is 28.6 Å². The highest BCUT2D eigenvalue weighted by Gasteiger charge is 2.19. The summed E-state index contributed by atoms with van der Waals surface area (Å²) in [4.78, 5) is 38.0. The minimum absolute atomic E-state index is 0.0831. The van der Waals surface area contributed by atoms with Gasteiger partial charge in [-0.2, -0.15) is 0 Å². The summed E-state index contributed by atoms with van der Waals surface area (Å²) in [6.07, 6.45) is 66.4. The zero-order valence-electron chi connectivity index (χ0n) is 43.0. The molecule has 1 unspecified atom stereocenters. The van der Waals surface area contributed by atoms with Crippen molar-refractivity contribution in [3.05, 3.63) is 60.8 Å². The first-order valence-electron chi connectivity index (χ1n) is 27.8. The van der Waals surface area contributed by atoms with E-state index in [-0.39, 0.29) is 31.1 Å². The summed E-state index contributed by atoms with van der Waals surface area (Å²) in [5.74, 6) is -0.904. The van der Waals surface area contributed by atoms with Crippen LogP contribution < -0.4 is 0 Å². The third-order valence-electron chi connectivity index (χ3n) is 11.9. The highest BCUT2D eigenvalue weighted by Crippen LogP contribution is 2.15. The Balaban J connectivity index is 4.26. The SMILES string of the molecule is CCC/C=C\CCCCCCCC(=O)OCC(COC(=O)CCCCCCCCCCCCC/C=C\C/C=C\CCCCCCC)OC(=O)CCCCCCC/C=C\C/C=C\CCCC. The molecule has 0 heterocycles. The molecule has 1 atom stereocenters. The van der Waals surface area contributed by atoms with Gasteiger partial charge in [0.25, 0.3) is 0 Å². The Bertz CT molecular complexity index is 1180. The molecule has 6 heteroatoms. The molecule has 0 aliphatic heterocycles. The average Bonchev–Trinajstić information content (AvgIpc) is 3.30. The number of hydrogen-bond acceptors (Lipinski definition) is 6. The molecule has 0 aromatic carbocycles. The zero-order chi connectivity index (χ0) is 47.2. The van der Waals surface area contributed by atoms with Crippen molar-refractivity contribution in [2.45, 2.75) is 284 Å². The molecule has 6 nitrogen and oxygen atoms in total. The van der Waals surface area contributed by atoms with Gasteiger partial charge in [-0.05, 0) is 96.3 Å². The second-order valence-electron chi connectivity index (χ2n) is 18.5. The van der Waals surface area contributed by atoms with Crippen LogP contribution in [0.25, 0.3) is 0 Å². The maximum absolute atomic E-state index is 12.8. The van der Waals surface area contributed by atoms with Gasteiger partial charge in [0.1, 0.15) is 13.2 Å². The van der Waals surface area contributed by atoms with Crippen molar-refractivity contribution in [1.82, 2.24) is 0 Å². The Morgan fingerprint density at radius 1 is 0.308 bits per heavy atom.